The summed E-state index contributed by atoms with van der Waals surface area (Å²) in [6, 6.07) is 4.54. The van der Waals surface area contributed by atoms with Crippen LogP contribution in [0.3, 0.4) is 0 Å². The Kier molecular flexibility index (Phi) is 6.50. The van der Waals surface area contributed by atoms with Crippen molar-refractivity contribution in [2.75, 3.05) is 13.1 Å². The van der Waals surface area contributed by atoms with E-state index in [9.17, 15) is 14.0 Å². The number of fused-ring (bicyclic) bond motifs is 3. The van der Waals surface area contributed by atoms with Crippen molar-refractivity contribution in [1.82, 2.24) is 24.7 Å². The van der Waals surface area contributed by atoms with Gasteiger partial charge in [-0.2, -0.15) is 4.39 Å². The highest BCUT2D eigenvalue weighted by atomic mass is 32.1. The number of imidazole rings is 1. The number of hydrogen-bond acceptors (Lipinski definition) is 5. The fourth-order valence-corrected chi connectivity index (χ4v) is 7.23. The number of nitrogens with one attached hydrogen (secondary N) is 1. The Hall–Kier alpha value is -2.26. The normalized spacial score (nSPS) is 25.3. The number of hydrogen-bond donors (Lipinski definition) is 1. The van der Waals surface area contributed by atoms with Gasteiger partial charge < -0.3 is 14.8 Å². The Bertz CT molecular complexity index is 1070. The molecule has 0 spiro atoms. The number of rotatable bonds is 6. The monoisotopic (exact) mass is 487 g/mol. The van der Waals surface area contributed by atoms with Crippen LogP contribution in [0.5, 0.6) is 0 Å². The molecule has 3 atom stereocenters. The molecule has 2 saturated heterocycles. The molecule has 0 aromatic carbocycles. The highest BCUT2D eigenvalue weighted by Gasteiger charge is 2.42. The molecule has 0 aliphatic carbocycles. The van der Waals surface area contributed by atoms with Gasteiger partial charge in [0.25, 0.3) is 0 Å². The maximum absolute atomic E-state index is 13.6. The van der Waals surface area contributed by atoms with Crippen LogP contribution in [0.2, 0.25) is 0 Å². The smallest absolute Gasteiger partial charge is 0.219 e. The molecule has 5 heterocycles. The van der Waals surface area contributed by atoms with Crippen LogP contribution < -0.4 is 5.32 Å². The first-order valence-electron chi connectivity index (χ1n) is 12.4. The average molecular weight is 488 g/mol. The summed E-state index contributed by atoms with van der Waals surface area (Å²) in [4.78, 5) is 34.1. The van der Waals surface area contributed by atoms with Crippen molar-refractivity contribution in [1.29, 1.82) is 0 Å². The van der Waals surface area contributed by atoms with Crippen LogP contribution >= 0.6 is 11.3 Å². The van der Waals surface area contributed by atoms with Gasteiger partial charge in [-0.1, -0.05) is 0 Å². The van der Waals surface area contributed by atoms with E-state index in [4.69, 9.17) is 4.98 Å². The van der Waals surface area contributed by atoms with E-state index in [0.717, 1.165) is 66.5 Å². The lowest BCUT2D eigenvalue weighted by molar-refractivity contribution is -0.129. The van der Waals surface area contributed by atoms with Crippen LogP contribution in [0.25, 0.3) is 0 Å². The average Bonchev–Trinajstić information content (AvgIpc) is 3.42. The van der Waals surface area contributed by atoms with Gasteiger partial charge in [-0.3, -0.25) is 14.5 Å². The van der Waals surface area contributed by atoms with Gasteiger partial charge >= 0.3 is 0 Å². The molecule has 2 aromatic heterocycles. The minimum atomic E-state index is -0.214. The minimum absolute atomic E-state index is 0.0829. The lowest BCUT2D eigenvalue weighted by Crippen LogP contribution is -2.45. The van der Waals surface area contributed by atoms with E-state index in [2.05, 4.69) is 21.7 Å². The third-order valence-electron chi connectivity index (χ3n) is 7.89. The van der Waals surface area contributed by atoms with E-state index in [-0.39, 0.29) is 23.0 Å². The molecule has 2 bridgehead atoms. The van der Waals surface area contributed by atoms with Gasteiger partial charge in [-0.15, -0.1) is 11.3 Å². The van der Waals surface area contributed by atoms with E-state index in [1.807, 2.05) is 4.90 Å². The van der Waals surface area contributed by atoms with Crippen molar-refractivity contribution in [2.24, 2.45) is 0 Å². The third kappa shape index (κ3) is 4.52. The van der Waals surface area contributed by atoms with Gasteiger partial charge in [0.15, 0.2) is 5.13 Å². The van der Waals surface area contributed by atoms with Crippen LogP contribution in [-0.2, 0) is 22.6 Å². The number of thiophene rings is 1. The van der Waals surface area contributed by atoms with Crippen LogP contribution in [0.1, 0.15) is 80.1 Å². The van der Waals surface area contributed by atoms with Gasteiger partial charge in [0.05, 0.1) is 24.0 Å². The Morgan fingerprint density at radius 2 is 1.94 bits per heavy atom. The van der Waals surface area contributed by atoms with Crippen LogP contribution in [0, 0.1) is 12.1 Å². The van der Waals surface area contributed by atoms with Crippen molar-refractivity contribution >= 4 is 23.2 Å². The predicted octanol–water partition coefficient (Wildman–Crippen LogP) is 3.73. The maximum Gasteiger partial charge on any atom is 0.219 e. The summed E-state index contributed by atoms with van der Waals surface area (Å²) in [6.45, 7) is 7.58. The summed E-state index contributed by atoms with van der Waals surface area (Å²) < 4.78 is 16.1. The molecule has 7 nitrogen and oxygen atoms in total. The van der Waals surface area contributed by atoms with E-state index in [0.29, 0.717) is 24.7 Å². The summed E-state index contributed by atoms with van der Waals surface area (Å²) in [5.74, 6) is 1.12. The van der Waals surface area contributed by atoms with E-state index in [1.54, 1.807) is 13.0 Å². The van der Waals surface area contributed by atoms with E-state index >= 15 is 0 Å². The second-order valence-electron chi connectivity index (χ2n) is 10.0. The summed E-state index contributed by atoms with van der Waals surface area (Å²) in [6.07, 6.45) is 6.16. The molecule has 0 radical (unpaired) electrons. The summed E-state index contributed by atoms with van der Waals surface area (Å²) in [5.41, 5.74) is 2.38. The number of carbonyl (C=O) groups is 2. The molecular weight excluding hydrogens is 453 g/mol. The molecule has 184 valence electrons. The lowest BCUT2D eigenvalue weighted by atomic mass is 9.95. The number of amides is 2. The predicted molar refractivity (Wildman–Crippen MR) is 129 cm³/mol. The Morgan fingerprint density at radius 3 is 2.56 bits per heavy atom. The van der Waals surface area contributed by atoms with Gasteiger partial charge in [0.1, 0.15) is 5.82 Å². The molecule has 34 heavy (non-hydrogen) atoms. The van der Waals surface area contributed by atoms with Crippen LogP contribution in [0.4, 0.5) is 4.39 Å². The molecule has 9 heteroatoms. The number of nitrogens with zero attached hydrogens (tertiary/aromatic N) is 4. The van der Waals surface area contributed by atoms with Crippen molar-refractivity contribution in [2.45, 2.75) is 90.0 Å². The summed E-state index contributed by atoms with van der Waals surface area (Å²) >= 11 is 1.12. The molecule has 2 amide bonds. The van der Waals surface area contributed by atoms with Crippen LogP contribution in [0.15, 0.2) is 12.1 Å². The first-order chi connectivity index (χ1) is 16.3. The number of aryl methyl sites for hydroxylation is 1. The first-order valence-corrected chi connectivity index (χ1v) is 13.2. The zero-order valence-corrected chi connectivity index (χ0v) is 21.0. The second-order valence-corrected chi connectivity index (χ2v) is 11.1. The molecule has 5 rings (SSSR count). The van der Waals surface area contributed by atoms with Crippen molar-refractivity contribution in [3.05, 3.63) is 39.4 Å². The highest BCUT2D eigenvalue weighted by molar-refractivity contribution is 7.10. The van der Waals surface area contributed by atoms with Crippen molar-refractivity contribution in [3.8, 4) is 0 Å². The maximum atomic E-state index is 13.6. The Balaban J connectivity index is 1.28. The molecule has 0 saturated carbocycles. The van der Waals surface area contributed by atoms with Gasteiger partial charge in [0, 0.05) is 56.4 Å². The molecule has 3 aliphatic heterocycles. The standard InChI is InChI=1S/C25H34FN5O2S/c1-15-27-21-8-10-29(17(3)33)14-23(21)31(15)20-12-18-4-5-19(13-20)30(18)11-9-22(28-16(2)32)24-6-7-25(26)34-24/h6-7,18-20,22H,4-5,8-14H2,1-3H3,(H,28,32)/t18?,19?,20?,22-/m0/s1. The van der Waals surface area contributed by atoms with Crippen molar-refractivity contribution in [3.63, 3.8) is 0 Å². The lowest BCUT2D eigenvalue weighted by Gasteiger charge is -2.41. The minimum Gasteiger partial charge on any atom is -0.349 e. The largest absolute Gasteiger partial charge is 0.349 e. The topological polar surface area (TPSA) is 70.5 Å². The summed E-state index contributed by atoms with van der Waals surface area (Å²) in [7, 11) is 0. The molecule has 3 aliphatic rings. The quantitative estimate of drug-likeness (QED) is 0.674. The SMILES string of the molecule is CC(=O)N[C@@H](CCN1C2CCC1CC(n1c(C)nc3c1CN(C(C)=O)CC3)C2)c1ccc(F)s1. The third-order valence-corrected chi connectivity index (χ3v) is 8.88. The van der Waals surface area contributed by atoms with Crippen LogP contribution in [-0.4, -0.2) is 56.3 Å². The molecule has 1 N–H and O–H groups in total. The first kappa shape index (κ1) is 23.5. The van der Waals surface area contributed by atoms with E-state index in [1.165, 1.54) is 31.5 Å². The molecular formula is C25H34FN5O2S. The zero-order valence-electron chi connectivity index (χ0n) is 20.2. The number of halogens is 1. The fraction of sp³-hybridized carbons (Fsp3) is 0.640. The highest BCUT2D eigenvalue weighted by Crippen LogP contribution is 2.43. The van der Waals surface area contributed by atoms with Gasteiger partial charge in [-0.05, 0) is 51.2 Å². The molecule has 2 aromatic rings. The number of carbonyl (C=O) groups excluding carboxylic acids is 2. The van der Waals surface area contributed by atoms with E-state index < -0.39 is 0 Å². The van der Waals surface area contributed by atoms with Gasteiger partial charge in [0.2, 0.25) is 11.8 Å². The number of piperidine rings is 1. The second kappa shape index (κ2) is 9.41. The Labute approximate surface area is 204 Å². The molecule has 2 fully saturated rings. The van der Waals surface area contributed by atoms with Gasteiger partial charge in [-0.25, -0.2) is 4.98 Å². The number of aromatic nitrogens is 2. The Morgan fingerprint density at radius 1 is 1.21 bits per heavy atom. The van der Waals surface area contributed by atoms with Crippen molar-refractivity contribution < 1.29 is 14.0 Å². The fourth-order valence-electron chi connectivity index (χ4n) is 6.42. The molecule has 2 unspecified atom stereocenters. The zero-order chi connectivity index (χ0) is 24.0. The summed E-state index contributed by atoms with van der Waals surface area (Å²) in [5, 5.41) is 2.80.